The van der Waals surface area contributed by atoms with Crippen LogP contribution in [0, 0.1) is 0 Å². The zero-order chi connectivity index (χ0) is 20.5. The lowest BCUT2D eigenvalue weighted by Crippen LogP contribution is -2.60. The van der Waals surface area contributed by atoms with Gasteiger partial charge in [0, 0.05) is 19.8 Å². The lowest BCUT2D eigenvalue weighted by molar-refractivity contribution is -0.334. The Morgan fingerprint density at radius 2 is 1.47 bits per heavy atom. The molecule has 30 heavy (non-hydrogen) atoms. The van der Waals surface area contributed by atoms with Crippen molar-refractivity contribution in [3.8, 4) is 0 Å². The van der Waals surface area contributed by atoms with E-state index < -0.39 is 6.29 Å². The van der Waals surface area contributed by atoms with Crippen LogP contribution < -0.4 is 0 Å². The predicted molar refractivity (Wildman–Crippen MR) is 113 cm³/mol. The number of hydrogen-bond donors (Lipinski definition) is 0. The summed E-state index contributed by atoms with van der Waals surface area (Å²) in [5, 5.41) is 2.35. The van der Waals surface area contributed by atoms with Gasteiger partial charge in [-0.05, 0) is 22.4 Å². The normalized spacial score (nSPS) is 31.4. The highest BCUT2D eigenvalue weighted by molar-refractivity contribution is 5.83. The monoisotopic (exact) mass is 406 g/mol. The van der Waals surface area contributed by atoms with E-state index in [9.17, 15) is 0 Å². The molecule has 0 N–H and O–H groups in total. The molecule has 2 heterocycles. The van der Waals surface area contributed by atoms with Crippen molar-refractivity contribution in [2.24, 2.45) is 0 Å². The quantitative estimate of drug-likeness (QED) is 0.642. The number of fused-ring (bicyclic) bond motifs is 2. The van der Waals surface area contributed by atoms with Crippen molar-refractivity contribution in [2.45, 2.75) is 36.8 Å². The third-order valence-corrected chi connectivity index (χ3v) is 6.04. The standard InChI is InChI=1S/C25H26O5/c1-26-23-21(17-9-4-3-5-10-17)29-20-15-28-25(30-22(20)24(23)27-2)19-13-12-16-8-6-7-11-18(16)14-19/h3-14,20-25H,15H2,1-2H3/t20-,21+,22-,23+,24+,25-/m1/s1. The zero-order valence-electron chi connectivity index (χ0n) is 17.1. The van der Waals surface area contributed by atoms with Gasteiger partial charge in [0.1, 0.15) is 30.5 Å². The summed E-state index contributed by atoms with van der Waals surface area (Å²) in [4.78, 5) is 0. The molecule has 3 aromatic carbocycles. The van der Waals surface area contributed by atoms with Gasteiger partial charge in [0.15, 0.2) is 6.29 Å². The van der Waals surface area contributed by atoms with Gasteiger partial charge in [0.2, 0.25) is 0 Å². The molecule has 6 atom stereocenters. The molecule has 2 aliphatic heterocycles. The van der Waals surface area contributed by atoms with Gasteiger partial charge in [-0.15, -0.1) is 0 Å². The molecule has 3 aromatic rings. The van der Waals surface area contributed by atoms with Gasteiger partial charge in [0.25, 0.3) is 0 Å². The molecule has 0 bridgehead atoms. The van der Waals surface area contributed by atoms with Gasteiger partial charge < -0.3 is 23.7 Å². The second-order valence-corrected chi connectivity index (χ2v) is 7.78. The Labute approximate surface area is 176 Å². The lowest BCUT2D eigenvalue weighted by atomic mass is 9.90. The van der Waals surface area contributed by atoms with Crippen LogP contribution in [-0.4, -0.2) is 45.2 Å². The number of rotatable bonds is 4. The molecule has 2 aliphatic rings. The second-order valence-electron chi connectivity index (χ2n) is 7.78. The van der Waals surface area contributed by atoms with E-state index in [-0.39, 0.29) is 30.5 Å². The topological polar surface area (TPSA) is 46.2 Å². The molecule has 2 saturated heterocycles. The number of ether oxygens (including phenoxy) is 5. The Kier molecular flexibility index (Phi) is 5.54. The molecule has 0 aromatic heterocycles. The summed E-state index contributed by atoms with van der Waals surface area (Å²) in [6, 6.07) is 24.6. The van der Waals surface area contributed by atoms with Gasteiger partial charge in [-0.3, -0.25) is 0 Å². The third-order valence-electron chi connectivity index (χ3n) is 6.04. The summed E-state index contributed by atoms with van der Waals surface area (Å²) in [5.74, 6) is 0. The Balaban J connectivity index is 1.41. The minimum absolute atomic E-state index is 0.233. The first-order chi connectivity index (χ1) is 14.8. The van der Waals surface area contributed by atoms with Crippen LogP contribution >= 0.6 is 0 Å². The number of benzene rings is 3. The molecule has 5 rings (SSSR count). The fraction of sp³-hybridized carbons (Fsp3) is 0.360. The third kappa shape index (κ3) is 3.53. The molecule has 5 heteroatoms. The van der Waals surface area contributed by atoms with E-state index in [0.29, 0.717) is 6.61 Å². The van der Waals surface area contributed by atoms with E-state index in [1.165, 1.54) is 5.39 Å². The first-order valence-electron chi connectivity index (χ1n) is 10.3. The smallest absolute Gasteiger partial charge is 0.184 e. The highest BCUT2D eigenvalue weighted by Crippen LogP contribution is 2.41. The molecular weight excluding hydrogens is 380 g/mol. The van der Waals surface area contributed by atoms with Crippen LogP contribution in [0.1, 0.15) is 23.5 Å². The van der Waals surface area contributed by atoms with Gasteiger partial charge in [-0.2, -0.15) is 0 Å². The highest BCUT2D eigenvalue weighted by Gasteiger charge is 2.50. The first kappa shape index (κ1) is 19.7. The van der Waals surface area contributed by atoms with Crippen LogP contribution in [0.4, 0.5) is 0 Å². The summed E-state index contributed by atoms with van der Waals surface area (Å²) in [7, 11) is 3.39. The number of methoxy groups -OCH3 is 2. The summed E-state index contributed by atoms with van der Waals surface area (Å²) in [6.07, 6.45) is -1.79. The van der Waals surface area contributed by atoms with Crippen molar-refractivity contribution in [2.75, 3.05) is 20.8 Å². The maximum Gasteiger partial charge on any atom is 0.184 e. The molecule has 0 unspecified atom stereocenters. The van der Waals surface area contributed by atoms with Crippen LogP contribution in [0.2, 0.25) is 0 Å². The summed E-state index contributed by atoms with van der Waals surface area (Å²) in [6.45, 7) is 0.432. The SMILES string of the molecule is CO[C@@H]1[C@@H](OC)[C@H](c2ccccc2)O[C@@H]2CO[C@@H](c3ccc4ccccc4c3)O[C@@H]12. The van der Waals surface area contributed by atoms with Crippen LogP contribution in [-0.2, 0) is 23.7 Å². The van der Waals surface area contributed by atoms with Gasteiger partial charge in [-0.25, -0.2) is 0 Å². The number of hydrogen-bond acceptors (Lipinski definition) is 5. The van der Waals surface area contributed by atoms with E-state index in [4.69, 9.17) is 23.7 Å². The second kappa shape index (κ2) is 8.46. The molecular formula is C25H26O5. The van der Waals surface area contributed by atoms with Crippen molar-refractivity contribution in [1.82, 2.24) is 0 Å². The van der Waals surface area contributed by atoms with E-state index in [0.717, 1.165) is 16.5 Å². The van der Waals surface area contributed by atoms with Crippen LogP contribution in [0.15, 0.2) is 72.8 Å². The zero-order valence-corrected chi connectivity index (χ0v) is 17.1. The summed E-state index contributed by atoms with van der Waals surface area (Å²) < 4.78 is 30.6. The van der Waals surface area contributed by atoms with E-state index in [1.807, 2.05) is 42.5 Å². The maximum absolute atomic E-state index is 6.41. The molecule has 2 fully saturated rings. The average Bonchev–Trinajstić information content (AvgIpc) is 2.82. The van der Waals surface area contributed by atoms with Crippen molar-refractivity contribution >= 4 is 10.8 Å². The van der Waals surface area contributed by atoms with E-state index in [2.05, 4.69) is 30.3 Å². The molecule has 0 aliphatic carbocycles. The molecule has 0 spiro atoms. The Morgan fingerprint density at radius 3 is 2.23 bits per heavy atom. The van der Waals surface area contributed by atoms with Gasteiger partial charge >= 0.3 is 0 Å². The fourth-order valence-corrected chi connectivity index (χ4v) is 4.54. The minimum Gasteiger partial charge on any atom is -0.376 e. The molecule has 5 nitrogen and oxygen atoms in total. The van der Waals surface area contributed by atoms with Gasteiger partial charge in [-0.1, -0.05) is 66.7 Å². The van der Waals surface area contributed by atoms with Crippen molar-refractivity contribution in [3.05, 3.63) is 83.9 Å². The van der Waals surface area contributed by atoms with Crippen LogP contribution in [0.3, 0.4) is 0 Å². The van der Waals surface area contributed by atoms with Crippen molar-refractivity contribution in [3.63, 3.8) is 0 Å². The Bertz CT molecular complexity index is 991. The van der Waals surface area contributed by atoms with Crippen molar-refractivity contribution in [1.29, 1.82) is 0 Å². The Morgan fingerprint density at radius 1 is 0.733 bits per heavy atom. The van der Waals surface area contributed by atoms with Crippen molar-refractivity contribution < 1.29 is 23.7 Å². The predicted octanol–water partition coefficient (Wildman–Crippen LogP) is 4.42. The first-order valence-corrected chi connectivity index (χ1v) is 10.3. The summed E-state index contributed by atoms with van der Waals surface area (Å²) in [5.41, 5.74) is 2.04. The lowest BCUT2D eigenvalue weighted by Gasteiger charge is -2.48. The molecule has 156 valence electrons. The summed E-state index contributed by atoms with van der Waals surface area (Å²) >= 11 is 0. The Hall–Kier alpha value is -2.28. The van der Waals surface area contributed by atoms with Gasteiger partial charge in [0.05, 0.1) is 6.61 Å². The fourth-order valence-electron chi connectivity index (χ4n) is 4.54. The molecule has 0 saturated carbocycles. The highest BCUT2D eigenvalue weighted by atomic mass is 16.7. The largest absolute Gasteiger partial charge is 0.376 e. The maximum atomic E-state index is 6.41. The van der Waals surface area contributed by atoms with E-state index in [1.54, 1.807) is 14.2 Å². The minimum atomic E-state index is -0.470. The average molecular weight is 406 g/mol. The molecule has 0 radical (unpaired) electrons. The van der Waals surface area contributed by atoms with E-state index >= 15 is 0 Å². The van der Waals surface area contributed by atoms with Crippen LogP contribution in [0.5, 0.6) is 0 Å². The molecule has 0 amide bonds. The van der Waals surface area contributed by atoms with Crippen LogP contribution in [0.25, 0.3) is 10.8 Å².